The summed E-state index contributed by atoms with van der Waals surface area (Å²) in [5.74, 6) is -0.120. The van der Waals surface area contributed by atoms with Crippen molar-refractivity contribution in [1.82, 2.24) is 4.90 Å². The summed E-state index contributed by atoms with van der Waals surface area (Å²) < 4.78 is 5.08. The largest absolute Gasteiger partial charge is 0.380 e. The summed E-state index contributed by atoms with van der Waals surface area (Å²) in [6, 6.07) is 7.54. The molecule has 0 N–H and O–H groups in total. The van der Waals surface area contributed by atoms with Gasteiger partial charge >= 0.3 is 0 Å². The van der Waals surface area contributed by atoms with Crippen LogP contribution in [0.15, 0.2) is 24.3 Å². The third-order valence-electron chi connectivity index (χ3n) is 2.29. The van der Waals surface area contributed by atoms with E-state index in [4.69, 9.17) is 16.3 Å². The van der Waals surface area contributed by atoms with E-state index in [-0.39, 0.29) is 5.91 Å². The van der Waals surface area contributed by atoms with Crippen molar-refractivity contribution >= 4 is 17.5 Å². The molecule has 0 spiro atoms. The summed E-state index contributed by atoms with van der Waals surface area (Å²) in [5.41, 5.74) is 1.75. The number of alkyl halides is 1. The van der Waals surface area contributed by atoms with E-state index in [2.05, 4.69) is 0 Å². The van der Waals surface area contributed by atoms with Crippen molar-refractivity contribution in [3.63, 3.8) is 0 Å². The van der Waals surface area contributed by atoms with Crippen LogP contribution in [-0.2, 0) is 16.1 Å². The molecule has 0 fully saturated rings. The first-order chi connectivity index (χ1) is 7.57. The third-order valence-corrected chi connectivity index (χ3v) is 2.71. The quantitative estimate of drug-likeness (QED) is 0.757. The number of carbonyl (C=O) groups excluding carboxylic acids is 1. The Morgan fingerprint density at radius 1 is 1.44 bits per heavy atom. The van der Waals surface area contributed by atoms with Gasteiger partial charge in [0.05, 0.1) is 6.61 Å². The molecule has 0 saturated carbocycles. The Kier molecular flexibility index (Phi) is 4.77. The second-order valence-corrected chi connectivity index (χ2v) is 4.16. The van der Waals surface area contributed by atoms with Crippen LogP contribution in [0.3, 0.4) is 0 Å². The van der Waals surface area contributed by atoms with Crippen LogP contribution in [0.25, 0.3) is 0 Å². The summed E-state index contributed by atoms with van der Waals surface area (Å²) in [6.45, 7) is 0.458. The van der Waals surface area contributed by atoms with E-state index in [0.717, 1.165) is 11.1 Å². The molecule has 1 amide bonds. The van der Waals surface area contributed by atoms with Crippen LogP contribution in [0.4, 0.5) is 0 Å². The van der Waals surface area contributed by atoms with Gasteiger partial charge in [-0.05, 0) is 11.1 Å². The lowest BCUT2D eigenvalue weighted by Crippen LogP contribution is -2.26. The molecule has 1 aromatic rings. The highest BCUT2D eigenvalue weighted by Crippen LogP contribution is 2.26. The SMILES string of the molecule is COCc1ccccc1C(Cl)C(=O)N(C)C. The first kappa shape index (κ1) is 13.0. The average Bonchev–Trinajstić information content (AvgIpc) is 2.28. The average molecular weight is 242 g/mol. The predicted molar refractivity (Wildman–Crippen MR) is 64.4 cm³/mol. The van der Waals surface area contributed by atoms with Crippen LogP contribution in [0.2, 0.25) is 0 Å². The van der Waals surface area contributed by atoms with Crippen molar-refractivity contribution in [2.75, 3.05) is 21.2 Å². The van der Waals surface area contributed by atoms with Gasteiger partial charge in [0.25, 0.3) is 0 Å². The van der Waals surface area contributed by atoms with E-state index in [0.29, 0.717) is 6.61 Å². The predicted octanol–water partition coefficient (Wildman–Crippen LogP) is 2.20. The fourth-order valence-corrected chi connectivity index (χ4v) is 1.84. The van der Waals surface area contributed by atoms with E-state index in [9.17, 15) is 4.79 Å². The number of benzene rings is 1. The highest BCUT2D eigenvalue weighted by Gasteiger charge is 2.21. The molecule has 1 rings (SSSR count). The summed E-state index contributed by atoms with van der Waals surface area (Å²) in [7, 11) is 5.00. The zero-order valence-corrected chi connectivity index (χ0v) is 10.5. The molecule has 1 unspecified atom stereocenters. The molecule has 4 heteroatoms. The molecule has 16 heavy (non-hydrogen) atoms. The highest BCUT2D eigenvalue weighted by molar-refractivity contribution is 6.30. The van der Waals surface area contributed by atoms with Crippen LogP contribution in [0, 0.1) is 0 Å². The van der Waals surface area contributed by atoms with E-state index in [1.54, 1.807) is 21.2 Å². The fourth-order valence-electron chi connectivity index (χ4n) is 1.43. The second-order valence-electron chi connectivity index (χ2n) is 3.73. The van der Waals surface area contributed by atoms with Crippen molar-refractivity contribution < 1.29 is 9.53 Å². The lowest BCUT2D eigenvalue weighted by atomic mass is 10.0. The molecule has 0 saturated heterocycles. The normalized spacial score (nSPS) is 12.2. The molecular formula is C12H16ClNO2. The van der Waals surface area contributed by atoms with Gasteiger partial charge < -0.3 is 9.64 Å². The summed E-state index contributed by atoms with van der Waals surface area (Å²) in [5, 5.41) is -0.652. The highest BCUT2D eigenvalue weighted by atomic mass is 35.5. The molecule has 0 heterocycles. The van der Waals surface area contributed by atoms with Crippen LogP contribution in [0.1, 0.15) is 16.5 Å². The van der Waals surface area contributed by atoms with E-state index < -0.39 is 5.38 Å². The van der Waals surface area contributed by atoms with Gasteiger partial charge in [-0.1, -0.05) is 24.3 Å². The Hall–Kier alpha value is -1.06. The number of hydrogen-bond donors (Lipinski definition) is 0. The second kappa shape index (κ2) is 5.87. The van der Waals surface area contributed by atoms with Crippen molar-refractivity contribution in [3.05, 3.63) is 35.4 Å². The number of rotatable bonds is 4. The molecule has 0 aliphatic heterocycles. The van der Waals surface area contributed by atoms with Crippen molar-refractivity contribution in [2.24, 2.45) is 0 Å². The van der Waals surface area contributed by atoms with Crippen LogP contribution < -0.4 is 0 Å². The van der Waals surface area contributed by atoms with Crippen LogP contribution >= 0.6 is 11.6 Å². The maximum atomic E-state index is 11.8. The first-order valence-corrected chi connectivity index (χ1v) is 5.43. The maximum Gasteiger partial charge on any atom is 0.244 e. The van der Waals surface area contributed by atoms with Crippen LogP contribution in [-0.4, -0.2) is 32.0 Å². The number of hydrogen-bond acceptors (Lipinski definition) is 2. The molecule has 0 bridgehead atoms. The topological polar surface area (TPSA) is 29.5 Å². The minimum Gasteiger partial charge on any atom is -0.380 e. The molecule has 0 radical (unpaired) electrons. The van der Waals surface area contributed by atoms with Gasteiger partial charge in [0.15, 0.2) is 0 Å². The third kappa shape index (κ3) is 2.97. The van der Waals surface area contributed by atoms with Gasteiger partial charge in [0, 0.05) is 21.2 Å². The molecule has 88 valence electrons. The van der Waals surface area contributed by atoms with Gasteiger partial charge in [-0.3, -0.25) is 4.79 Å². The first-order valence-electron chi connectivity index (χ1n) is 5.00. The number of methoxy groups -OCH3 is 1. The Bertz CT molecular complexity index is 366. The zero-order chi connectivity index (χ0) is 12.1. The van der Waals surface area contributed by atoms with E-state index in [1.807, 2.05) is 24.3 Å². The standard InChI is InChI=1S/C12H16ClNO2/c1-14(2)12(15)11(13)10-7-5-4-6-9(10)8-16-3/h4-7,11H,8H2,1-3H3. The molecule has 0 aliphatic carbocycles. The molecule has 3 nitrogen and oxygen atoms in total. The summed E-state index contributed by atoms with van der Waals surface area (Å²) in [6.07, 6.45) is 0. The van der Waals surface area contributed by atoms with Gasteiger partial charge in [-0.25, -0.2) is 0 Å². The number of likely N-dealkylation sites (N-methyl/N-ethyl adjacent to an activating group) is 1. The van der Waals surface area contributed by atoms with Crippen molar-refractivity contribution in [2.45, 2.75) is 12.0 Å². The number of amides is 1. The number of nitrogens with zero attached hydrogens (tertiary/aromatic N) is 1. The van der Waals surface area contributed by atoms with Gasteiger partial charge in [0.2, 0.25) is 5.91 Å². The maximum absolute atomic E-state index is 11.8. The van der Waals surface area contributed by atoms with Crippen molar-refractivity contribution in [1.29, 1.82) is 0 Å². The monoisotopic (exact) mass is 241 g/mol. The zero-order valence-electron chi connectivity index (χ0n) is 9.74. The van der Waals surface area contributed by atoms with E-state index >= 15 is 0 Å². The Labute approximate surface area is 101 Å². The van der Waals surface area contributed by atoms with Crippen LogP contribution in [0.5, 0.6) is 0 Å². The minimum atomic E-state index is -0.652. The van der Waals surface area contributed by atoms with Crippen molar-refractivity contribution in [3.8, 4) is 0 Å². The Morgan fingerprint density at radius 3 is 2.62 bits per heavy atom. The lowest BCUT2D eigenvalue weighted by molar-refractivity contribution is -0.128. The fraction of sp³-hybridized carbons (Fsp3) is 0.417. The molecule has 0 aromatic heterocycles. The van der Waals surface area contributed by atoms with E-state index in [1.165, 1.54) is 4.90 Å². The van der Waals surface area contributed by atoms with Gasteiger partial charge in [0.1, 0.15) is 5.38 Å². The number of ether oxygens (including phenoxy) is 1. The Morgan fingerprint density at radius 2 is 2.06 bits per heavy atom. The minimum absolute atomic E-state index is 0.120. The number of halogens is 1. The molecule has 1 atom stereocenters. The van der Waals surface area contributed by atoms with Gasteiger partial charge in [-0.15, -0.1) is 11.6 Å². The number of carbonyl (C=O) groups is 1. The Balaban J connectivity index is 2.98. The molecular weight excluding hydrogens is 226 g/mol. The molecule has 0 aliphatic rings. The summed E-state index contributed by atoms with van der Waals surface area (Å²) in [4.78, 5) is 13.2. The summed E-state index contributed by atoms with van der Waals surface area (Å²) >= 11 is 6.15. The smallest absolute Gasteiger partial charge is 0.244 e. The lowest BCUT2D eigenvalue weighted by Gasteiger charge is -2.17. The van der Waals surface area contributed by atoms with Gasteiger partial charge in [-0.2, -0.15) is 0 Å². The molecule has 1 aromatic carbocycles.